The maximum absolute atomic E-state index is 12.2. The van der Waals surface area contributed by atoms with Crippen molar-refractivity contribution >= 4 is 27.5 Å². The Balaban J connectivity index is 1.69. The maximum atomic E-state index is 12.2. The molecular weight excluding hydrogens is 372 g/mol. The van der Waals surface area contributed by atoms with E-state index in [1.165, 1.54) is 11.0 Å². The molecule has 120 valence electrons. The molecule has 0 bridgehead atoms. The molecule has 0 aliphatic rings. The lowest BCUT2D eigenvalue weighted by Gasteiger charge is -2.04. The number of carbonyl (C=O) groups is 1. The predicted octanol–water partition coefficient (Wildman–Crippen LogP) is 2.58. The second-order valence-electron chi connectivity index (χ2n) is 4.95. The van der Waals surface area contributed by atoms with Gasteiger partial charge in [0.05, 0.1) is 11.4 Å². The highest BCUT2D eigenvalue weighted by atomic mass is 79.9. The Bertz CT molecular complexity index is 874. The maximum Gasteiger partial charge on any atom is 0.271 e. The van der Waals surface area contributed by atoms with Gasteiger partial charge in [-0.05, 0) is 59.3 Å². The number of hydrazone groups is 1. The van der Waals surface area contributed by atoms with Gasteiger partial charge in [-0.1, -0.05) is 28.1 Å². The Hall–Kier alpha value is -2.87. The van der Waals surface area contributed by atoms with E-state index in [1.807, 2.05) is 31.2 Å². The molecule has 0 spiro atoms. The smallest absolute Gasteiger partial charge is 0.267 e. The summed E-state index contributed by atoms with van der Waals surface area (Å²) in [4.78, 5) is 12.2. The molecule has 0 saturated heterocycles. The van der Waals surface area contributed by atoms with E-state index in [0.29, 0.717) is 5.56 Å². The van der Waals surface area contributed by atoms with Crippen LogP contribution in [-0.2, 0) is 0 Å². The fraction of sp³-hybridized carbons (Fsp3) is 0.0625. The third-order valence-corrected chi connectivity index (χ3v) is 3.80. The Labute approximate surface area is 146 Å². The Morgan fingerprint density at radius 3 is 2.62 bits per heavy atom. The van der Waals surface area contributed by atoms with Crippen LogP contribution in [0.5, 0.6) is 0 Å². The van der Waals surface area contributed by atoms with Gasteiger partial charge in [0.25, 0.3) is 5.91 Å². The summed E-state index contributed by atoms with van der Waals surface area (Å²) in [5, 5.41) is 15.1. The van der Waals surface area contributed by atoms with Crippen molar-refractivity contribution in [1.82, 2.24) is 25.6 Å². The number of amides is 1. The molecule has 0 radical (unpaired) electrons. The highest BCUT2D eigenvalue weighted by Crippen LogP contribution is 2.12. The number of nitrogens with zero attached hydrogens (tertiary/aromatic N) is 5. The number of halogens is 1. The van der Waals surface area contributed by atoms with Gasteiger partial charge in [0.1, 0.15) is 6.33 Å². The van der Waals surface area contributed by atoms with E-state index < -0.39 is 0 Å². The van der Waals surface area contributed by atoms with Gasteiger partial charge in [-0.15, -0.1) is 5.10 Å². The first-order valence-electron chi connectivity index (χ1n) is 7.07. The zero-order chi connectivity index (χ0) is 16.9. The third-order valence-electron chi connectivity index (χ3n) is 3.31. The summed E-state index contributed by atoms with van der Waals surface area (Å²) in [7, 11) is 0. The average Bonchev–Trinajstić information content (AvgIpc) is 3.14. The van der Waals surface area contributed by atoms with Gasteiger partial charge >= 0.3 is 0 Å². The summed E-state index contributed by atoms with van der Waals surface area (Å²) in [6, 6.07) is 14.6. The molecule has 0 aliphatic heterocycles. The van der Waals surface area contributed by atoms with Crippen molar-refractivity contribution in [2.75, 3.05) is 0 Å². The van der Waals surface area contributed by atoms with Crippen LogP contribution in [0.15, 0.2) is 64.4 Å². The largest absolute Gasteiger partial charge is 0.271 e. The fourth-order valence-electron chi connectivity index (χ4n) is 2.02. The average molecular weight is 385 g/mol. The summed E-state index contributed by atoms with van der Waals surface area (Å²) >= 11 is 3.41. The lowest BCUT2D eigenvalue weighted by molar-refractivity contribution is 0.0955. The van der Waals surface area contributed by atoms with Gasteiger partial charge in [0, 0.05) is 10.0 Å². The van der Waals surface area contributed by atoms with E-state index in [9.17, 15) is 4.79 Å². The molecule has 0 saturated carbocycles. The normalized spacial score (nSPS) is 11.3. The number of tetrazole rings is 1. The van der Waals surface area contributed by atoms with Gasteiger partial charge < -0.3 is 0 Å². The number of carbonyl (C=O) groups excluding carboxylic acids is 1. The number of rotatable bonds is 4. The quantitative estimate of drug-likeness (QED) is 0.553. The summed E-state index contributed by atoms with van der Waals surface area (Å²) in [6.45, 7) is 1.84. The molecule has 0 fully saturated rings. The molecule has 2 aromatic carbocycles. The van der Waals surface area contributed by atoms with E-state index in [-0.39, 0.29) is 5.91 Å². The molecule has 3 aromatic rings. The lowest BCUT2D eigenvalue weighted by atomic mass is 10.1. The molecule has 1 heterocycles. The van der Waals surface area contributed by atoms with Crippen LogP contribution in [0.4, 0.5) is 0 Å². The van der Waals surface area contributed by atoms with E-state index in [4.69, 9.17) is 0 Å². The second-order valence-corrected chi connectivity index (χ2v) is 5.87. The summed E-state index contributed by atoms with van der Waals surface area (Å²) in [5.41, 5.74) is 5.47. The van der Waals surface area contributed by atoms with E-state index in [0.717, 1.165) is 21.4 Å². The van der Waals surface area contributed by atoms with Crippen LogP contribution in [0.3, 0.4) is 0 Å². The van der Waals surface area contributed by atoms with Gasteiger partial charge in [-0.25, -0.2) is 10.1 Å². The van der Waals surface area contributed by atoms with Gasteiger partial charge in [0.15, 0.2) is 0 Å². The topological polar surface area (TPSA) is 85.1 Å². The Kier molecular flexibility index (Phi) is 4.76. The minimum atomic E-state index is -0.285. The zero-order valence-electron chi connectivity index (χ0n) is 12.7. The second kappa shape index (κ2) is 7.14. The number of nitrogens with one attached hydrogen (secondary N) is 1. The summed E-state index contributed by atoms with van der Waals surface area (Å²) in [6.07, 6.45) is 1.49. The standard InChI is InChI=1S/C16H13BrN6O/c1-11(13-3-2-4-14(17)9-13)19-20-16(24)12-5-7-15(8-6-12)23-10-18-21-22-23/h2-10H,1H3,(H,20,24)/b19-11+. The summed E-state index contributed by atoms with van der Waals surface area (Å²) in [5.74, 6) is -0.285. The Morgan fingerprint density at radius 2 is 1.96 bits per heavy atom. The van der Waals surface area contributed by atoms with Crippen LogP contribution >= 0.6 is 15.9 Å². The van der Waals surface area contributed by atoms with Crippen molar-refractivity contribution in [1.29, 1.82) is 0 Å². The van der Waals surface area contributed by atoms with E-state index in [2.05, 4.69) is 42.0 Å². The van der Waals surface area contributed by atoms with Crippen LogP contribution in [-0.4, -0.2) is 31.8 Å². The minimum Gasteiger partial charge on any atom is -0.267 e. The SMILES string of the molecule is C/C(=N\NC(=O)c1ccc(-n2cnnn2)cc1)c1cccc(Br)c1. The molecule has 0 unspecified atom stereocenters. The number of aromatic nitrogens is 4. The van der Waals surface area contributed by atoms with Crippen molar-refractivity contribution in [2.24, 2.45) is 5.10 Å². The van der Waals surface area contributed by atoms with Crippen LogP contribution in [0.2, 0.25) is 0 Å². The molecule has 1 amide bonds. The monoisotopic (exact) mass is 384 g/mol. The fourth-order valence-corrected chi connectivity index (χ4v) is 2.42. The van der Waals surface area contributed by atoms with E-state index >= 15 is 0 Å². The van der Waals surface area contributed by atoms with Crippen molar-refractivity contribution in [3.63, 3.8) is 0 Å². The molecule has 3 rings (SSSR count). The molecule has 0 atom stereocenters. The highest BCUT2D eigenvalue weighted by molar-refractivity contribution is 9.10. The Morgan fingerprint density at radius 1 is 1.17 bits per heavy atom. The molecular formula is C16H13BrN6O. The molecule has 0 aliphatic carbocycles. The lowest BCUT2D eigenvalue weighted by Crippen LogP contribution is -2.19. The molecule has 7 nitrogen and oxygen atoms in total. The third kappa shape index (κ3) is 3.72. The van der Waals surface area contributed by atoms with Gasteiger partial charge in [-0.2, -0.15) is 5.10 Å². The van der Waals surface area contributed by atoms with Crippen molar-refractivity contribution in [3.8, 4) is 5.69 Å². The minimum absolute atomic E-state index is 0.285. The predicted molar refractivity (Wildman–Crippen MR) is 93.0 cm³/mol. The number of hydrogen-bond acceptors (Lipinski definition) is 5. The van der Waals surface area contributed by atoms with Crippen LogP contribution in [0, 0.1) is 0 Å². The molecule has 1 aromatic heterocycles. The summed E-state index contributed by atoms with van der Waals surface area (Å²) < 4.78 is 2.47. The first-order valence-corrected chi connectivity index (χ1v) is 7.87. The number of hydrogen-bond donors (Lipinski definition) is 1. The van der Waals surface area contributed by atoms with Gasteiger partial charge in [0.2, 0.25) is 0 Å². The van der Waals surface area contributed by atoms with Crippen molar-refractivity contribution in [2.45, 2.75) is 6.92 Å². The van der Waals surface area contributed by atoms with Gasteiger partial charge in [-0.3, -0.25) is 4.79 Å². The zero-order valence-corrected chi connectivity index (χ0v) is 14.3. The number of benzene rings is 2. The van der Waals surface area contributed by atoms with Crippen molar-refractivity contribution < 1.29 is 4.79 Å². The molecule has 24 heavy (non-hydrogen) atoms. The first-order chi connectivity index (χ1) is 11.6. The van der Waals surface area contributed by atoms with Crippen LogP contribution in [0.25, 0.3) is 5.69 Å². The molecule has 1 N–H and O–H groups in total. The highest BCUT2D eigenvalue weighted by Gasteiger charge is 2.06. The van der Waals surface area contributed by atoms with Crippen molar-refractivity contribution in [3.05, 3.63) is 70.5 Å². The first kappa shape index (κ1) is 16.0. The van der Waals surface area contributed by atoms with E-state index in [1.54, 1.807) is 24.3 Å². The van der Waals surface area contributed by atoms with Crippen LogP contribution < -0.4 is 5.43 Å². The molecule has 8 heteroatoms. The van der Waals surface area contributed by atoms with Crippen LogP contribution in [0.1, 0.15) is 22.8 Å².